The van der Waals surface area contributed by atoms with Gasteiger partial charge in [-0.05, 0) is 38.0 Å². The first kappa shape index (κ1) is 15.3. The van der Waals surface area contributed by atoms with Crippen molar-refractivity contribution in [1.82, 2.24) is 20.4 Å². The van der Waals surface area contributed by atoms with Crippen molar-refractivity contribution in [2.45, 2.75) is 39.7 Å². The highest BCUT2D eigenvalue weighted by Gasteiger charge is 2.21. The van der Waals surface area contributed by atoms with E-state index in [0.29, 0.717) is 6.42 Å². The van der Waals surface area contributed by atoms with E-state index in [0.717, 1.165) is 40.0 Å². The number of carbonyl (C=O) groups is 1. The number of carbonyl (C=O) groups excluding carboxylic acids is 1. The molecule has 3 heterocycles. The first-order chi connectivity index (χ1) is 11.1. The SMILES string of the molecule is CCC(NC(=O)Cc1c[nH]c2ncccc12)c1c(C)noc1C. The number of pyridine rings is 1. The Kier molecular flexibility index (Phi) is 4.14. The lowest BCUT2D eigenvalue weighted by Crippen LogP contribution is -2.30. The molecule has 3 rings (SSSR count). The third-order valence-electron chi connectivity index (χ3n) is 4.07. The fourth-order valence-electron chi connectivity index (χ4n) is 2.94. The van der Waals surface area contributed by atoms with E-state index < -0.39 is 0 Å². The minimum absolute atomic E-state index is 0.0263. The van der Waals surface area contributed by atoms with Gasteiger partial charge in [0.05, 0.1) is 18.2 Å². The summed E-state index contributed by atoms with van der Waals surface area (Å²) in [4.78, 5) is 19.8. The molecule has 3 aromatic rings. The molecule has 6 heteroatoms. The first-order valence-corrected chi connectivity index (χ1v) is 7.73. The van der Waals surface area contributed by atoms with Crippen molar-refractivity contribution in [3.8, 4) is 0 Å². The number of H-pyrrole nitrogens is 1. The molecule has 3 aromatic heterocycles. The Hall–Kier alpha value is -2.63. The van der Waals surface area contributed by atoms with E-state index in [4.69, 9.17) is 4.52 Å². The summed E-state index contributed by atoms with van der Waals surface area (Å²) in [6.45, 7) is 5.80. The maximum atomic E-state index is 12.4. The van der Waals surface area contributed by atoms with Crippen molar-refractivity contribution in [2.75, 3.05) is 0 Å². The lowest BCUT2D eigenvalue weighted by atomic mass is 10.0. The molecule has 0 bridgehead atoms. The first-order valence-electron chi connectivity index (χ1n) is 7.73. The van der Waals surface area contributed by atoms with Crippen LogP contribution >= 0.6 is 0 Å². The Morgan fingerprint density at radius 1 is 1.43 bits per heavy atom. The van der Waals surface area contributed by atoms with Gasteiger partial charge in [0, 0.05) is 23.3 Å². The van der Waals surface area contributed by atoms with Crippen LogP contribution in [0, 0.1) is 13.8 Å². The maximum Gasteiger partial charge on any atom is 0.224 e. The highest BCUT2D eigenvalue weighted by Crippen LogP contribution is 2.24. The summed E-state index contributed by atoms with van der Waals surface area (Å²) in [5.41, 5.74) is 3.54. The molecule has 1 unspecified atom stereocenters. The number of hydrogen-bond acceptors (Lipinski definition) is 4. The molecule has 0 saturated heterocycles. The largest absolute Gasteiger partial charge is 0.361 e. The number of amides is 1. The molecule has 0 radical (unpaired) electrons. The third-order valence-corrected chi connectivity index (χ3v) is 4.07. The van der Waals surface area contributed by atoms with Gasteiger partial charge in [-0.2, -0.15) is 0 Å². The van der Waals surface area contributed by atoms with Crippen molar-refractivity contribution >= 4 is 16.9 Å². The summed E-state index contributed by atoms with van der Waals surface area (Å²) in [5.74, 6) is 0.729. The van der Waals surface area contributed by atoms with Crippen LogP contribution in [0.2, 0.25) is 0 Å². The summed E-state index contributed by atoms with van der Waals surface area (Å²) in [6, 6.07) is 3.75. The molecule has 1 atom stereocenters. The fourth-order valence-corrected chi connectivity index (χ4v) is 2.94. The van der Waals surface area contributed by atoms with Crippen LogP contribution in [0.4, 0.5) is 0 Å². The number of nitrogens with one attached hydrogen (secondary N) is 2. The highest BCUT2D eigenvalue weighted by atomic mass is 16.5. The van der Waals surface area contributed by atoms with Crippen molar-refractivity contribution < 1.29 is 9.32 Å². The molecule has 0 aliphatic rings. The molecular weight excluding hydrogens is 292 g/mol. The maximum absolute atomic E-state index is 12.4. The van der Waals surface area contributed by atoms with Gasteiger partial charge in [-0.15, -0.1) is 0 Å². The predicted molar refractivity (Wildman–Crippen MR) is 86.9 cm³/mol. The quantitative estimate of drug-likeness (QED) is 0.758. The summed E-state index contributed by atoms with van der Waals surface area (Å²) >= 11 is 0. The lowest BCUT2D eigenvalue weighted by Gasteiger charge is -2.16. The number of nitrogens with zero attached hydrogens (tertiary/aromatic N) is 2. The van der Waals surface area contributed by atoms with Gasteiger partial charge in [0.15, 0.2) is 0 Å². The minimum Gasteiger partial charge on any atom is -0.361 e. The molecule has 6 nitrogen and oxygen atoms in total. The van der Waals surface area contributed by atoms with E-state index in [9.17, 15) is 4.79 Å². The predicted octanol–water partition coefficient (Wildman–Crippen LogP) is 2.98. The Morgan fingerprint density at radius 3 is 2.96 bits per heavy atom. The van der Waals surface area contributed by atoms with Gasteiger partial charge in [0.25, 0.3) is 0 Å². The van der Waals surface area contributed by atoms with Crippen LogP contribution in [-0.4, -0.2) is 21.0 Å². The zero-order chi connectivity index (χ0) is 16.4. The Bertz CT molecular complexity index is 815. The number of aryl methyl sites for hydroxylation is 2. The zero-order valence-corrected chi connectivity index (χ0v) is 13.5. The topological polar surface area (TPSA) is 83.8 Å². The minimum atomic E-state index is -0.0860. The molecule has 0 aromatic carbocycles. The Balaban J connectivity index is 1.76. The lowest BCUT2D eigenvalue weighted by molar-refractivity contribution is -0.121. The van der Waals surface area contributed by atoms with E-state index >= 15 is 0 Å². The standard InChI is InChI=1S/C17H20N4O2/c1-4-14(16-10(2)21-23-11(16)3)20-15(22)8-12-9-19-17-13(12)6-5-7-18-17/h5-7,9,14H,4,8H2,1-3H3,(H,18,19)(H,20,22). The Morgan fingerprint density at radius 2 is 2.26 bits per heavy atom. The van der Waals surface area contributed by atoms with Gasteiger partial charge in [0.1, 0.15) is 11.4 Å². The Labute approximate surface area is 134 Å². The van der Waals surface area contributed by atoms with Crippen LogP contribution in [0.5, 0.6) is 0 Å². The van der Waals surface area contributed by atoms with Gasteiger partial charge in [-0.25, -0.2) is 4.98 Å². The van der Waals surface area contributed by atoms with Gasteiger partial charge >= 0.3 is 0 Å². The molecule has 23 heavy (non-hydrogen) atoms. The van der Waals surface area contributed by atoms with Crippen LogP contribution in [0.15, 0.2) is 29.0 Å². The number of fused-ring (bicyclic) bond motifs is 1. The molecule has 0 spiro atoms. The van der Waals surface area contributed by atoms with E-state index in [1.807, 2.05) is 39.1 Å². The normalized spacial score (nSPS) is 12.5. The summed E-state index contributed by atoms with van der Waals surface area (Å²) in [6.07, 6.45) is 4.66. The summed E-state index contributed by atoms with van der Waals surface area (Å²) in [7, 11) is 0. The van der Waals surface area contributed by atoms with E-state index in [1.54, 1.807) is 6.20 Å². The van der Waals surface area contributed by atoms with Crippen molar-refractivity contribution in [1.29, 1.82) is 0 Å². The molecule has 120 valence electrons. The van der Waals surface area contributed by atoms with Crippen molar-refractivity contribution in [2.24, 2.45) is 0 Å². The molecule has 0 fully saturated rings. The van der Waals surface area contributed by atoms with Crippen molar-refractivity contribution in [3.63, 3.8) is 0 Å². The van der Waals surface area contributed by atoms with Crippen LogP contribution < -0.4 is 5.32 Å². The summed E-state index contributed by atoms with van der Waals surface area (Å²) < 4.78 is 5.21. The third kappa shape index (κ3) is 2.97. The number of hydrogen-bond donors (Lipinski definition) is 2. The molecular formula is C17H20N4O2. The summed E-state index contributed by atoms with van der Waals surface area (Å²) in [5, 5.41) is 8.03. The van der Waals surface area contributed by atoms with E-state index in [-0.39, 0.29) is 11.9 Å². The average molecular weight is 312 g/mol. The van der Waals surface area contributed by atoms with E-state index in [2.05, 4.69) is 20.4 Å². The molecule has 0 aliphatic carbocycles. The van der Waals surface area contributed by atoms with Gasteiger partial charge in [0.2, 0.25) is 5.91 Å². The second-order valence-electron chi connectivity index (χ2n) is 5.66. The number of rotatable bonds is 5. The number of aromatic amines is 1. The number of aromatic nitrogens is 3. The molecule has 2 N–H and O–H groups in total. The second-order valence-corrected chi connectivity index (χ2v) is 5.66. The van der Waals surface area contributed by atoms with E-state index in [1.165, 1.54) is 0 Å². The molecule has 0 aliphatic heterocycles. The van der Waals surface area contributed by atoms with Crippen LogP contribution in [-0.2, 0) is 11.2 Å². The molecule has 0 saturated carbocycles. The van der Waals surface area contributed by atoms with Gasteiger partial charge in [-0.3, -0.25) is 4.79 Å². The fraction of sp³-hybridized carbons (Fsp3) is 0.353. The van der Waals surface area contributed by atoms with Gasteiger partial charge < -0.3 is 14.8 Å². The smallest absolute Gasteiger partial charge is 0.224 e. The van der Waals surface area contributed by atoms with Crippen LogP contribution in [0.3, 0.4) is 0 Å². The van der Waals surface area contributed by atoms with Crippen molar-refractivity contribution in [3.05, 3.63) is 47.1 Å². The monoisotopic (exact) mass is 312 g/mol. The zero-order valence-electron chi connectivity index (χ0n) is 13.5. The average Bonchev–Trinajstić information content (AvgIpc) is 3.09. The second kappa shape index (κ2) is 6.24. The van der Waals surface area contributed by atoms with Crippen LogP contribution in [0.25, 0.3) is 11.0 Å². The molecule has 1 amide bonds. The van der Waals surface area contributed by atoms with Crippen LogP contribution in [0.1, 0.15) is 42.0 Å². The van der Waals surface area contributed by atoms with Gasteiger partial charge in [-0.1, -0.05) is 12.1 Å². The highest BCUT2D eigenvalue weighted by molar-refractivity contribution is 5.87.